The van der Waals surface area contributed by atoms with Crippen LogP contribution >= 0.6 is 23.2 Å². The lowest BCUT2D eigenvalue weighted by atomic mass is 9.94. The SMILES string of the molecule is NCCCC(C(=O)O)c1ccc(Cl)cc1Cl. The third-order valence-electron chi connectivity index (χ3n) is 2.33. The first-order chi connectivity index (χ1) is 7.56. The van der Waals surface area contributed by atoms with Gasteiger partial charge in [-0.1, -0.05) is 29.3 Å². The molecule has 0 spiro atoms. The number of halogens is 2. The molecule has 3 N–H and O–H groups in total. The highest BCUT2D eigenvalue weighted by Crippen LogP contribution is 2.30. The second kappa shape index (κ2) is 6.09. The Labute approximate surface area is 104 Å². The predicted molar refractivity (Wildman–Crippen MR) is 65.1 cm³/mol. The third-order valence-corrected chi connectivity index (χ3v) is 2.90. The number of nitrogens with two attached hydrogens (primary N) is 1. The first-order valence-corrected chi connectivity index (χ1v) is 5.69. The second-order valence-corrected chi connectivity index (χ2v) is 4.33. The van der Waals surface area contributed by atoms with Gasteiger partial charge in [-0.05, 0) is 37.1 Å². The van der Waals surface area contributed by atoms with Crippen molar-refractivity contribution in [3.63, 3.8) is 0 Å². The van der Waals surface area contributed by atoms with Crippen molar-refractivity contribution in [2.45, 2.75) is 18.8 Å². The number of carbonyl (C=O) groups is 1. The maximum absolute atomic E-state index is 11.1. The van der Waals surface area contributed by atoms with Gasteiger partial charge in [0.2, 0.25) is 0 Å². The Morgan fingerprint density at radius 2 is 2.12 bits per heavy atom. The molecule has 1 rings (SSSR count). The molecular weight excluding hydrogens is 249 g/mol. The quantitative estimate of drug-likeness (QED) is 0.857. The molecule has 0 radical (unpaired) electrons. The minimum atomic E-state index is -0.891. The Morgan fingerprint density at radius 3 is 2.62 bits per heavy atom. The molecule has 1 atom stereocenters. The zero-order chi connectivity index (χ0) is 12.1. The van der Waals surface area contributed by atoms with E-state index in [0.717, 1.165) is 0 Å². The molecule has 0 heterocycles. The maximum atomic E-state index is 11.1. The summed E-state index contributed by atoms with van der Waals surface area (Å²) in [7, 11) is 0. The second-order valence-electron chi connectivity index (χ2n) is 3.49. The Hall–Kier alpha value is -0.770. The molecular formula is C11H13Cl2NO2. The van der Waals surface area contributed by atoms with Gasteiger partial charge in [-0.15, -0.1) is 0 Å². The van der Waals surface area contributed by atoms with Gasteiger partial charge in [-0.2, -0.15) is 0 Å². The highest BCUT2D eigenvalue weighted by atomic mass is 35.5. The van der Waals surface area contributed by atoms with Crippen LogP contribution in [0.25, 0.3) is 0 Å². The van der Waals surface area contributed by atoms with Gasteiger partial charge in [0.05, 0.1) is 5.92 Å². The van der Waals surface area contributed by atoms with E-state index >= 15 is 0 Å². The molecule has 0 aromatic heterocycles. The Kier molecular flexibility index (Phi) is 5.06. The van der Waals surface area contributed by atoms with Crippen LogP contribution < -0.4 is 5.73 Å². The summed E-state index contributed by atoms with van der Waals surface area (Å²) in [6.45, 7) is 0.467. The number of aliphatic carboxylic acids is 1. The van der Waals surface area contributed by atoms with E-state index in [-0.39, 0.29) is 0 Å². The molecule has 1 aromatic carbocycles. The largest absolute Gasteiger partial charge is 0.481 e. The summed E-state index contributed by atoms with van der Waals surface area (Å²) in [5, 5.41) is 10.00. The molecule has 0 aliphatic rings. The molecule has 5 heteroatoms. The molecule has 3 nitrogen and oxygen atoms in total. The standard InChI is InChI=1S/C11H13Cl2NO2/c12-7-3-4-8(10(13)6-7)9(11(15)16)2-1-5-14/h3-4,6,9H,1-2,5,14H2,(H,15,16). The molecule has 0 saturated carbocycles. The molecule has 0 aliphatic carbocycles. The van der Waals surface area contributed by atoms with Gasteiger partial charge in [-0.3, -0.25) is 4.79 Å². The van der Waals surface area contributed by atoms with Crippen molar-refractivity contribution in [2.75, 3.05) is 6.54 Å². The van der Waals surface area contributed by atoms with Crippen molar-refractivity contribution in [1.82, 2.24) is 0 Å². The molecule has 0 amide bonds. The van der Waals surface area contributed by atoms with Crippen LogP contribution in [-0.2, 0) is 4.79 Å². The molecule has 0 bridgehead atoms. The van der Waals surface area contributed by atoms with Gasteiger partial charge in [-0.25, -0.2) is 0 Å². The Morgan fingerprint density at radius 1 is 1.44 bits per heavy atom. The number of hydrogen-bond acceptors (Lipinski definition) is 2. The third kappa shape index (κ3) is 3.37. The summed E-state index contributed by atoms with van der Waals surface area (Å²) < 4.78 is 0. The van der Waals surface area contributed by atoms with Crippen LogP contribution in [0.1, 0.15) is 24.3 Å². The highest BCUT2D eigenvalue weighted by molar-refractivity contribution is 6.35. The fourth-order valence-electron chi connectivity index (χ4n) is 1.52. The van der Waals surface area contributed by atoms with Gasteiger partial charge in [0, 0.05) is 10.0 Å². The first kappa shape index (κ1) is 13.3. The lowest BCUT2D eigenvalue weighted by Gasteiger charge is -2.13. The molecule has 88 valence electrons. The summed E-state index contributed by atoms with van der Waals surface area (Å²) in [4.78, 5) is 11.1. The summed E-state index contributed by atoms with van der Waals surface area (Å²) >= 11 is 11.7. The van der Waals surface area contributed by atoms with Crippen molar-refractivity contribution >= 4 is 29.2 Å². The summed E-state index contributed by atoms with van der Waals surface area (Å²) in [5.41, 5.74) is 5.96. The van der Waals surface area contributed by atoms with Crippen LogP contribution in [0.15, 0.2) is 18.2 Å². The van der Waals surface area contributed by atoms with Crippen molar-refractivity contribution in [1.29, 1.82) is 0 Å². The van der Waals surface area contributed by atoms with E-state index in [1.807, 2.05) is 0 Å². The van der Waals surface area contributed by atoms with Crippen LogP contribution in [-0.4, -0.2) is 17.6 Å². The highest BCUT2D eigenvalue weighted by Gasteiger charge is 2.21. The number of carboxylic acids is 1. The van der Waals surface area contributed by atoms with Crippen LogP contribution in [0.3, 0.4) is 0 Å². The maximum Gasteiger partial charge on any atom is 0.311 e. The monoisotopic (exact) mass is 261 g/mol. The average Bonchev–Trinajstić information content (AvgIpc) is 2.20. The lowest BCUT2D eigenvalue weighted by Crippen LogP contribution is -2.14. The van der Waals surface area contributed by atoms with E-state index in [2.05, 4.69) is 0 Å². The zero-order valence-corrected chi connectivity index (χ0v) is 10.1. The van der Waals surface area contributed by atoms with Gasteiger partial charge in [0.15, 0.2) is 0 Å². The fraction of sp³-hybridized carbons (Fsp3) is 0.364. The summed E-state index contributed by atoms with van der Waals surface area (Å²) in [6.07, 6.45) is 1.13. The van der Waals surface area contributed by atoms with Crippen LogP contribution in [0, 0.1) is 0 Å². The first-order valence-electron chi connectivity index (χ1n) is 4.94. The topological polar surface area (TPSA) is 63.3 Å². The van der Waals surface area contributed by atoms with Crippen molar-refractivity contribution < 1.29 is 9.90 Å². The van der Waals surface area contributed by atoms with Gasteiger partial charge in [0.25, 0.3) is 0 Å². The number of benzene rings is 1. The average molecular weight is 262 g/mol. The van der Waals surface area contributed by atoms with Gasteiger partial charge in [0.1, 0.15) is 0 Å². The van der Waals surface area contributed by atoms with Crippen LogP contribution in [0.4, 0.5) is 0 Å². The minimum absolute atomic E-state index is 0.386. The normalized spacial score (nSPS) is 12.4. The van der Waals surface area contributed by atoms with E-state index in [9.17, 15) is 4.79 Å². The summed E-state index contributed by atoms with van der Waals surface area (Å²) in [5.74, 6) is -1.51. The van der Waals surface area contributed by atoms with E-state index in [0.29, 0.717) is 35.0 Å². The summed E-state index contributed by atoms with van der Waals surface area (Å²) in [6, 6.07) is 4.85. The zero-order valence-electron chi connectivity index (χ0n) is 8.62. The van der Waals surface area contributed by atoms with Gasteiger partial charge >= 0.3 is 5.97 Å². The number of hydrogen-bond donors (Lipinski definition) is 2. The van der Waals surface area contributed by atoms with Crippen LogP contribution in [0.5, 0.6) is 0 Å². The predicted octanol–water partition coefficient (Wildman–Crippen LogP) is 2.90. The molecule has 1 aromatic rings. The van der Waals surface area contributed by atoms with E-state index in [1.165, 1.54) is 0 Å². The molecule has 0 saturated heterocycles. The number of carboxylic acid groups (broad SMARTS) is 1. The molecule has 0 fully saturated rings. The molecule has 16 heavy (non-hydrogen) atoms. The van der Waals surface area contributed by atoms with Crippen molar-refractivity contribution in [2.24, 2.45) is 5.73 Å². The van der Waals surface area contributed by atoms with Crippen LogP contribution in [0.2, 0.25) is 10.0 Å². The lowest BCUT2D eigenvalue weighted by molar-refractivity contribution is -0.139. The van der Waals surface area contributed by atoms with Gasteiger partial charge < -0.3 is 10.8 Å². The van der Waals surface area contributed by atoms with Crippen molar-refractivity contribution in [3.8, 4) is 0 Å². The van der Waals surface area contributed by atoms with E-state index < -0.39 is 11.9 Å². The minimum Gasteiger partial charge on any atom is -0.481 e. The van der Waals surface area contributed by atoms with Crippen molar-refractivity contribution in [3.05, 3.63) is 33.8 Å². The molecule has 1 unspecified atom stereocenters. The smallest absolute Gasteiger partial charge is 0.311 e. The fourth-order valence-corrected chi connectivity index (χ4v) is 2.06. The Bertz CT molecular complexity index is 382. The number of rotatable bonds is 5. The van der Waals surface area contributed by atoms with E-state index in [1.54, 1.807) is 18.2 Å². The van der Waals surface area contributed by atoms with E-state index in [4.69, 9.17) is 34.0 Å². The molecule has 0 aliphatic heterocycles. The Balaban J connectivity index is 2.96.